The highest BCUT2D eigenvalue weighted by Crippen LogP contribution is 2.21. The Balaban J connectivity index is 0.000000160. The van der Waals surface area contributed by atoms with E-state index in [2.05, 4.69) is 73.5 Å². The van der Waals surface area contributed by atoms with Gasteiger partial charge in [-0.3, -0.25) is 0 Å². The van der Waals surface area contributed by atoms with Crippen LogP contribution in [0, 0.1) is 0 Å². The number of hydrogen-bond acceptors (Lipinski definition) is 3. The summed E-state index contributed by atoms with van der Waals surface area (Å²) in [5.41, 5.74) is 0. The standard InChI is InChI=1S/C14H10.C4H9NOS/c1-2-6-12-10-14-8-4-3-7-13(14)9-11(12)5-1;7-5-1-3-6-4-2-5/h1-10H;7H,1-4H2. The van der Waals surface area contributed by atoms with Gasteiger partial charge in [0.05, 0.1) is 13.2 Å². The predicted molar refractivity (Wildman–Crippen MR) is 92.8 cm³/mol. The normalized spacial score (nSPS) is 15.7. The summed E-state index contributed by atoms with van der Waals surface area (Å²) in [6, 6.07) is 21.4. The molecule has 2 nitrogen and oxygen atoms in total. The number of ether oxygens (including phenoxy) is 1. The fourth-order valence-electron chi connectivity index (χ4n) is 2.44. The van der Waals surface area contributed by atoms with Gasteiger partial charge in [-0.25, -0.2) is 4.31 Å². The van der Waals surface area contributed by atoms with Gasteiger partial charge in [0.15, 0.2) is 0 Å². The minimum atomic E-state index is 0.837. The highest BCUT2D eigenvalue weighted by atomic mass is 32.1. The maximum Gasteiger partial charge on any atom is 0.0603 e. The minimum absolute atomic E-state index is 0.837. The molecule has 1 aliphatic heterocycles. The largest absolute Gasteiger partial charge is 0.379 e. The van der Waals surface area contributed by atoms with Crippen LogP contribution in [0.3, 0.4) is 0 Å². The Kier molecular flexibility index (Phi) is 4.76. The van der Waals surface area contributed by atoms with E-state index in [1.54, 1.807) is 0 Å². The lowest BCUT2D eigenvalue weighted by Crippen LogP contribution is -2.28. The number of thiol groups is 1. The van der Waals surface area contributed by atoms with Gasteiger partial charge in [0.2, 0.25) is 0 Å². The molecule has 1 heterocycles. The SMILES string of the molecule is SN1CCOCC1.c1ccc2cc3ccccc3cc2c1. The fourth-order valence-corrected chi connectivity index (χ4v) is 2.60. The quantitative estimate of drug-likeness (QED) is 0.494. The van der Waals surface area contributed by atoms with Crippen molar-refractivity contribution in [1.82, 2.24) is 4.31 Å². The molecule has 0 radical (unpaired) electrons. The van der Waals surface area contributed by atoms with Gasteiger partial charge in [0.1, 0.15) is 0 Å². The van der Waals surface area contributed by atoms with Crippen LogP contribution in [0.5, 0.6) is 0 Å². The van der Waals surface area contributed by atoms with Crippen LogP contribution in [0.1, 0.15) is 0 Å². The first-order valence-electron chi connectivity index (χ1n) is 7.22. The summed E-state index contributed by atoms with van der Waals surface area (Å²) >= 11 is 4.11. The van der Waals surface area contributed by atoms with Crippen molar-refractivity contribution in [3.8, 4) is 0 Å². The predicted octanol–water partition coefficient (Wildman–Crippen LogP) is 4.16. The van der Waals surface area contributed by atoms with Crippen LogP contribution in [0.2, 0.25) is 0 Å². The molecule has 0 unspecified atom stereocenters. The molecule has 3 aromatic carbocycles. The van der Waals surface area contributed by atoms with Crippen LogP contribution in [-0.4, -0.2) is 30.6 Å². The van der Waals surface area contributed by atoms with E-state index >= 15 is 0 Å². The maximum atomic E-state index is 5.05. The number of nitrogens with zero attached hydrogens (tertiary/aromatic N) is 1. The molecular weight excluding hydrogens is 278 g/mol. The number of morpholine rings is 1. The third-order valence-corrected chi connectivity index (χ3v) is 4.00. The van der Waals surface area contributed by atoms with Crippen molar-refractivity contribution in [2.24, 2.45) is 0 Å². The van der Waals surface area contributed by atoms with Crippen molar-refractivity contribution in [2.45, 2.75) is 0 Å². The van der Waals surface area contributed by atoms with E-state index < -0.39 is 0 Å². The highest BCUT2D eigenvalue weighted by Gasteiger charge is 2.03. The fraction of sp³-hybridized carbons (Fsp3) is 0.222. The zero-order valence-corrected chi connectivity index (χ0v) is 12.8. The average molecular weight is 297 g/mol. The summed E-state index contributed by atoms with van der Waals surface area (Å²) in [6.07, 6.45) is 0. The number of hydrogen-bond donors (Lipinski definition) is 1. The van der Waals surface area contributed by atoms with Gasteiger partial charge in [-0.1, -0.05) is 61.3 Å². The molecule has 0 amide bonds. The monoisotopic (exact) mass is 297 g/mol. The lowest BCUT2D eigenvalue weighted by molar-refractivity contribution is 0.0781. The molecule has 4 rings (SSSR count). The smallest absolute Gasteiger partial charge is 0.0603 e. The highest BCUT2D eigenvalue weighted by molar-refractivity contribution is 7.77. The Labute approximate surface area is 130 Å². The molecule has 1 fully saturated rings. The van der Waals surface area contributed by atoms with E-state index in [0.29, 0.717) is 0 Å². The summed E-state index contributed by atoms with van der Waals surface area (Å²) in [5, 5.41) is 5.25. The lowest BCUT2D eigenvalue weighted by atomic mass is 10.0. The second-order valence-electron chi connectivity index (χ2n) is 5.11. The molecule has 0 aromatic heterocycles. The summed E-state index contributed by atoms with van der Waals surface area (Å²) < 4.78 is 7.01. The van der Waals surface area contributed by atoms with E-state index in [-0.39, 0.29) is 0 Å². The zero-order valence-electron chi connectivity index (χ0n) is 11.9. The first-order valence-corrected chi connectivity index (χ1v) is 7.62. The summed E-state index contributed by atoms with van der Waals surface area (Å²) in [5.74, 6) is 0. The number of benzene rings is 3. The van der Waals surface area contributed by atoms with E-state index in [1.165, 1.54) is 21.5 Å². The first-order chi connectivity index (χ1) is 10.3. The van der Waals surface area contributed by atoms with Crippen molar-refractivity contribution in [3.05, 3.63) is 60.7 Å². The van der Waals surface area contributed by atoms with Gasteiger partial charge in [-0.05, 0) is 33.7 Å². The molecule has 1 saturated heterocycles. The molecule has 21 heavy (non-hydrogen) atoms. The Bertz CT molecular complexity index is 617. The van der Waals surface area contributed by atoms with Gasteiger partial charge >= 0.3 is 0 Å². The Hall–Kier alpha value is -1.55. The Morgan fingerprint density at radius 2 is 1.10 bits per heavy atom. The summed E-state index contributed by atoms with van der Waals surface area (Å²) in [7, 11) is 0. The molecule has 3 heteroatoms. The van der Waals surface area contributed by atoms with Crippen LogP contribution < -0.4 is 0 Å². The Morgan fingerprint density at radius 1 is 0.714 bits per heavy atom. The molecule has 108 valence electrons. The van der Waals surface area contributed by atoms with Gasteiger partial charge in [0.25, 0.3) is 0 Å². The van der Waals surface area contributed by atoms with Crippen LogP contribution in [0.4, 0.5) is 0 Å². The van der Waals surface area contributed by atoms with Crippen molar-refractivity contribution >= 4 is 34.4 Å². The van der Waals surface area contributed by atoms with Crippen LogP contribution in [0.25, 0.3) is 21.5 Å². The van der Waals surface area contributed by atoms with Crippen molar-refractivity contribution < 1.29 is 4.74 Å². The first kappa shape index (κ1) is 14.4. The molecule has 0 spiro atoms. The lowest BCUT2D eigenvalue weighted by Gasteiger charge is -2.19. The summed E-state index contributed by atoms with van der Waals surface area (Å²) in [4.78, 5) is 0. The maximum absolute atomic E-state index is 5.05. The summed E-state index contributed by atoms with van der Waals surface area (Å²) in [6.45, 7) is 3.60. The van der Waals surface area contributed by atoms with Crippen molar-refractivity contribution in [3.63, 3.8) is 0 Å². The Morgan fingerprint density at radius 3 is 1.38 bits per heavy atom. The topological polar surface area (TPSA) is 12.5 Å². The van der Waals surface area contributed by atoms with Crippen molar-refractivity contribution in [1.29, 1.82) is 0 Å². The van der Waals surface area contributed by atoms with Crippen LogP contribution >= 0.6 is 12.8 Å². The average Bonchev–Trinajstić information content (AvgIpc) is 2.54. The zero-order chi connectivity index (χ0) is 14.5. The van der Waals surface area contributed by atoms with Gasteiger partial charge in [-0.15, -0.1) is 0 Å². The molecule has 0 N–H and O–H groups in total. The van der Waals surface area contributed by atoms with Gasteiger partial charge in [-0.2, -0.15) is 0 Å². The molecule has 0 saturated carbocycles. The van der Waals surface area contributed by atoms with E-state index in [9.17, 15) is 0 Å². The second kappa shape index (κ2) is 6.94. The van der Waals surface area contributed by atoms with Gasteiger partial charge in [0, 0.05) is 13.1 Å². The molecule has 1 aliphatic rings. The van der Waals surface area contributed by atoms with Crippen molar-refractivity contribution in [2.75, 3.05) is 26.3 Å². The third-order valence-electron chi connectivity index (χ3n) is 3.60. The third kappa shape index (κ3) is 3.76. The number of fused-ring (bicyclic) bond motifs is 2. The molecule has 0 atom stereocenters. The molecule has 0 bridgehead atoms. The minimum Gasteiger partial charge on any atom is -0.379 e. The molecule has 3 aromatic rings. The van der Waals surface area contributed by atoms with E-state index in [0.717, 1.165) is 26.3 Å². The second-order valence-corrected chi connectivity index (χ2v) is 5.68. The van der Waals surface area contributed by atoms with E-state index in [4.69, 9.17) is 4.74 Å². The molecule has 0 aliphatic carbocycles. The number of rotatable bonds is 0. The van der Waals surface area contributed by atoms with Crippen LogP contribution in [-0.2, 0) is 4.74 Å². The van der Waals surface area contributed by atoms with Crippen LogP contribution in [0.15, 0.2) is 60.7 Å². The van der Waals surface area contributed by atoms with Gasteiger partial charge < -0.3 is 4.74 Å². The molecular formula is C18H19NOS. The van der Waals surface area contributed by atoms with E-state index in [1.807, 2.05) is 4.31 Å².